The Bertz CT molecular complexity index is 764. The standard InChI is InChI=1S/C20H27N3OS/c1-12-8-7-11-16(13(12)2)22-19(24)15(4)25-20-14(3)21-17-9-5-6-10-18(17)23-20/h5-6,9-10,12-13,15-16H,7-8,11H2,1-4H3,(H,22,24). The van der Waals surface area contributed by atoms with E-state index in [1.807, 2.05) is 38.1 Å². The smallest absolute Gasteiger partial charge is 0.233 e. The summed E-state index contributed by atoms with van der Waals surface area (Å²) in [5, 5.41) is 3.93. The fraction of sp³-hybridized carbons (Fsp3) is 0.550. The van der Waals surface area contributed by atoms with Crippen LogP contribution in [-0.2, 0) is 4.79 Å². The predicted molar refractivity (Wildman–Crippen MR) is 104 cm³/mol. The Morgan fingerprint density at radius 1 is 1.20 bits per heavy atom. The molecule has 0 radical (unpaired) electrons. The Labute approximate surface area is 154 Å². The van der Waals surface area contributed by atoms with Gasteiger partial charge in [0, 0.05) is 6.04 Å². The van der Waals surface area contributed by atoms with Crippen LogP contribution >= 0.6 is 11.8 Å². The fourth-order valence-electron chi connectivity index (χ4n) is 3.49. The first kappa shape index (κ1) is 18.2. The molecule has 1 fully saturated rings. The van der Waals surface area contributed by atoms with Crippen molar-refractivity contribution in [2.45, 2.75) is 63.3 Å². The molecule has 0 saturated heterocycles. The van der Waals surface area contributed by atoms with Crippen molar-refractivity contribution in [3.8, 4) is 0 Å². The number of amides is 1. The van der Waals surface area contributed by atoms with Crippen LogP contribution in [0.5, 0.6) is 0 Å². The summed E-state index contributed by atoms with van der Waals surface area (Å²) >= 11 is 1.50. The van der Waals surface area contributed by atoms with Gasteiger partial charge in [-0.2, -0.15) is 0 Å². The summed E-state index contributed by atoms with van der Waals surface area (Å²) in [5.74, 6) is 1.32. The van der Waals surface area contributed by atoms with Gasteiger partial charge in [-0.1, -0.05) is 50.6 Å². The average molecular weight is 358 g/mol. The number of aryl methyl sites for hydroxylation is 1. The molecule has 1 aromatic heterocycles. The van der Waals surface area contributed by atoms with Crippen molar-refractivity contribution < 1.29 is 4.79 Å². The number of carbonyl (C=O) groups excluding carboxylic acids is 1. The number of thioether (sulfide) groups is 1. The van der Waals surface area contributed by atoms with Crippen molar-refractivity contribution in [3.05, 3.63) is 30.0 Å². The van der Waals surface area contributed by atoms with Gasteiger partial charge in [-0.15, -0.1) is 0 Å². The van der Waals surface area contributed by atoms with Crippen molar-refractivity contribution >= 4 is 28.7 Å². The summed E-state index contributed by atoms with van der Waals surface area (Å²) < 4.78 is 0. The first-order chi connectivity index (χ1) is 12.0. The topological polar surface area (TPSA) is 54.9 Å². The molecule has 4 nitrogen and oxygen atoms in total. The third-order valence-electron chi connectivity index (χ3n) is 5.39. The van der Waals surface area contributed by atoms with Gasteiger partial charge in [0.05, 0.1) is 22.0 Å². The molecule has 0 spiro atoms. The van der Waals surface area contributed by atoms with Gasteiger partial charge in [0.1, 0.15) is 5.03 Å². The van der Waals surface area contributed by atoms with Gasteiger partial charge in [0.15, 0.2) is 0 Å². The largest absolute Gasteiger partial charge is 0.352 e. The predicted octanol–water partition coefficient (Wildman–Crippen LogP) is 4.36. The number of fused-ring (bicyclic) bond motifs is 1. The van der Waals surface area contributed by atoms with Crippen LogP contribution in [0, 0.1) is 18.8 Å². The van der Waals surface area contributed by atoms with Crippen LogP contribution in [0.15, 0.2) is 29.3 Å². The Morgan fingerprint density at radius 2 is 1.88 bits per heavy atom. The van der Waals surface area contributed by atoms with Gasteiger partial charge in [-0.05, 0) is 44.2 Å². The number of hydrogen-bond acceptors (Lipinski definition) is 4. The lowest BCUT2D eigenvalue weighted by Gasteiger charge is -2.35. The fourth-order valence-corrected chi connectivity index (χ4v) is 4.37. The molecule has 1 aliphatic rings. The van der Waals surface area contributed by atoms with E-state index in [9.17, 15) is 4.79 Å². The third kappa shape index (κ3) is 4.14. The normalized spacial score (nSPS) is 24.9. The second kappa shape index (κ2) is 7.73. The Kier molecular flexibility index (Phi) is 5.62. The van der Waals surface area contributed by atoms with Gasteiger partial charge in [0.25, 0.3) is 0 Å². The van der Waals surface area contributed by atoms with E-state index in [0.717, 1.165) is 28.2 Å². The lowest BCUT2D eigenvalue weighted by atomic mass is 9.78. The maximum absolute atomic E-state index is 12.7. The highest BCUT2D eigenvalue weighted by Crippen LogP contribution is 2.30. The minimum absolute atomic E-state index is 0.102. The highest BCUT2D eigenvalue weighted by atomic mass is 32.2. The summed E-state index contributed by atoms with van der Waals surface area (Å²) in [6.07, 6.45) is 3.56. The zero-order chi connectivity index (χ0) is 18.0. The molecule has 1 saturated carbocycles. The van der Waals surface area contributed by atoms with Crippen molar-refractivity contribution in [2.24, 2.45) is 11.8 Å². The number of aromatic nitrogens is 2. The molecule has 25 heavy (non-hydrogen) atoms. The van der Waals surface area contributed by atoms with Crippen LogP contribution in [0.4, 0.5) is 0 Å². The maximum Gasteiger partial charge on any atom is 0.233 e. The molecule has 134 valence electrons. The third-order valence-corrected chi connectivity index (χ3v) is 6.57. The summed E-state index contributed by atoms with van der Waals surface area (Å²) in [7, 11) is 0. The molecular formula is C20H27N3OS. The van der Waals surface area contributed by atoms with E-state index in [1.165, 1.54) is 24.6 Å². The zero-order valence-electron chi connectivity index (χ0n) is 15.5. The molecule has 1 heterocycles. The molecular weight excluding hydrogens is 330 g/mol. The maximum atomic E-state index is 12.7. The number of carbonyl (C=O) groups is 1. The number of rotatable bonds is 4. The summed E-state index contributed by atoms with van der Waals surface area (Å²) in [6, 6.07) is 8.14. The Morgan fingerprint density at radius 3 is 2.60 bits per heavy atom. The highest BCUT2D eigenvalue weighted by molar-refractivity contribution is 8.00. The van der Waals surface area contributed by atoms with Crippen molar-refractivity contribution in [3.63, 3.8) is 0 Å². The van der Waals surface area contributed by atoms with Gasteiger partial charge in [0.2, 0.25) is 5.91 Å². The molecule has 0 bridgehead atoms. The van der Waals surface area contributed by atoms with Crippen LogP contribution < -0.4 is 5.32 Å². The summed E-state index contributed by atoms with van der Waals surface area (Å²) in [4.78, 5) is 22.0. The zero-order valence-corrected chi connectivity index (χ0v) is 16.3. The Hall–Kier alpha value is -1.62. The van der Waals surface area contributed by atoms with Crippen LogP contribution in [0.1, 0.15) is 45.7 Å². The average Bonchev–Trinajstić information content (AvgIpc) is 2.59. The molecule has 3 rings (SSSR count). The summed E-state index contributed by atoms with van der Waals surface area (Å²) in [5.41, 5.74) is 2.65. The molecule has 4 unspecified atom stereocenters. The summed E-state index contributed by atoms with van der Waals surface area (Å²) in [6.45, 7) is 8.45. The van der Waals surface area contributed by atoms with Crippen LogP contribution in [-0.4, -0.2) is 27.2 Å². The highest BCUT2D eigenvalue weighted by Gasteiger charge is 2.29. The first-order valence-electron chi connectivity index (χ1n) is 9.16. The molecule has 0 aliphatic heterocycles. The van der Waals surface area contributed by atoms with Crippen molar-refractivity contribution in [2.75, 3.05) is 0 Å². The minimum atomic E-state index is -0.182. The van der Waals surface area contributed by atoms with E-state index in [1.54, 1.807) is 0 Å². The SMILES string of the molecule is Cc1nc2ccccc2nc1SC(C)C(=O)NC1CCCC(C)C1C. The van der Waals surface area contributed by atoms with Crippen molar-refractivity contribution in [1.82, 2.24) is 15.3 Å². The second-order valence-corrected chi connectivity index (χ2v) is 8.57. The molecule has 5 heteroatoms. The Balaban J connectivity index is 1.68. The number of nitrogens with one attached hydrogen (secondary N) is 1. The molecule has 2 aromatic rings. The van der Waals surface area contributed by atoms with Crippen LogP contribution in [0.2, 0.25) is 0 Å². The number of benzene rings is 1. The lowest BCUT2D eigenvalue weighted by Crippen LogP contribution is -2.46. The second-order valence-electron chi connectivity index (χ2n) is 7.25. The van der Waals surface area contributed by atoms with E-state index in [-0.39, 0.29) is 11.2 Å². The van der Waals surface area contributed by atoms with Gasteiger partial charge < -0.3 is 5.32 Å². The quantitative estimate of drug-likeness (QED) is 0.826. The number of para-hydroxylation sites is 2. The number of nitrogens with zero attached hydrogens (tertiary/aromatic N) is 2. The van der Waals surface area contributed by atoms with Crippen molar-refractivity contribution in [1.29, 1.82) is 0 Å². The first-order valence-corrected chi connectivity index (χ1v) is 10.0. The monoisotopic (exact) mass is 357 g/mol. The minimum Gasteiger partial charge on any atom is -0.352 e. The molecule has 1 aliphatic carbocycles. The molecule has 1 N–H and O–H groups in total. The van der Waals surface area contributed by atoms with E-state index in [4.69, 9.17) is 4.98 Å². The molecule has 4 atom stereocenters. The van der Waals surface area contributed by atoms with E-state index in [2.05, 4.69) is 24.1 Å². The van der Waals surface area contributed by atoms with Gasteiger partial charge >= 0.3 is 0 Å². The van der Waals surface area contributed by atoms with E-state index < -0.39 is 0 Å². The van der Waals surface area contributed by atoms with E-state index in [0.29, 0.717) is 17.9 Å². The lowest BCUT2D eigenvalue weighted by molar-refractivity contribution is -0.121. The van der Waals surface area contributed by atoms with Gasteiger partial charge in [-0.25, -0.2) is 9.97 Å². The molecule has 1 amide bonds. The number of hydrogen-bond donors (Lipinski definition) is 1. The van der Waals surface area contributed by atoms with Crippen LogP contribution in [0.25, 0.3) is 11.0 Å². The van der Waals surface area contributed by atoms with E-state index >= 15 is 0 Å². The molecule has 1 aromatic carbocycles. The van der Waals surface area contributed by atoms with Gasteiger partial charge in [-0.3, -0.25) is 4.79 Å². The van der Waals surface area contributed by atoms with Crippen LogP contribution in [0.3, 0.4) is 0 Å².